The van der Waals surface area contributed by atoms with Crippen LogP contribution in [0.5, 0.6) is 0 Å². The highest BCUT2D eigenvalue weighted by atomic mass is 16.3. The van der Waals surface area contributed by atoms with Gasteiger partial charge in [0.05, 0.1) is 17.1 Å². The zero-order valence-electron chi connectivity index (χ0n) is 11.0. The van der Waals surface area contributed by atoms with Gasteiger partial charge in [-0.25, -0.2) is 4.98 Å². The van der Waals surface area contributed by atoms with Crippen LogP contribution >= 0.6 is 0 Å². The molecule has 0 aliphatic heterocycles. The van der Waals surface area contributed by atoms with Crippen LogP contribution in [0.1, 0.15) is 11.4 Å². The first kappa shape index (κ1) is 12.6. The molecular weight excluding hydrogens is 248 g/mol. The lowest BCUT2D eigenvalue weighted by Crippen LogP contribution is -2.07. The van der Waals surface area contributed by atoms with E-state index in [1.54, 1.807) is 6.08 Å². The van der Waals surface area contributed by atoms with Crippen molar-refractivity contribution >= 4 is 17.1 Å². The molecule has 0 saturated carbocycles. The lowest BCUT2D eigenvalue weighted by atomic mass is 10.1. The number of fused-ring (bicyclic) bond motifs is 1. The summed E-state index contributed by atoms with van der Waals surface area (Å²) < 4.78 is 0. The molecular formula is C17H16N2O. The molecule has 20 heavy (non-hydrogen) atoms. The van der Waals surface area contributed by atoms with Crippen molar-refractivity contribution in [1.29, 1.82) is 0 Å². The maximum Gasteiger partial charge on any atom is 0.110 e. The van der Waals surface area contributed by atoms with Crippen molar-refractivity contribution in [3.8, 4) is 0 Å². The van der Waals surface area contributed by atoms with Gasteiger partial charge in [-0.3, -0.25) is 0 Å². The lowest BCUT2D eigenvalue weighted by Gasteiger charge is -2.02. The summed E-state index contributed by atoms with van der Waals surface area (Å²) in [5, 5.41) is 10.0. The number of hydrogen-bond donors (Lipinski definition) is 2. The van der Waals surface area contributed by atoms with Crippen LogP contribution in [0.3, 0.4) is 0 Å². The topological polar surface area (TPSA) is 48.9 Å². The molecule has 0 amide bonds. The number of nitrogens with zero attached hydrogens (tertiary/aromatic N) is 1. The highest BCUT2D eigenvalue weighted by Gasteiger charge is 2.06. The fourth-order valence-corrected chi connectivity index (χ4v) is 2.15. The van der Waals surface area contributed by atoms with Crippen molar-refractivity contribution in [2.75, 3.05) is 0 Å². The number of hydrogen-bond acceptors (Lipinski definition) is 2. The van der Waals surface area contributed by atoms with E-state index in [0.717, 1.165) is 22.4 Å². The maximum absolute atomic E-state index is 10.0. The molecule has 1 heterocycles. The Morgan fingerprint density at radius 3 is 2.60 bits per heavy atom. The number of aromatic nitrogens is 2. The quantitative estimate of drug-likeness (QED) is 0.760. The molecule has 0 saturated heterocycles. The number of nitrogens with one attached hydrogen (secondary N) is 1. The summed E-state index contributed by atoms with van der Waals surface area (Å²) in [7, 11) is 0. The third-order valence-electron chi connectivity index (χ3n) is 3.15. The number of aliphatic hydroxyl groups excluding tert-OH is 1. The molecule has 1 atom stereocenters. The van der Waals surface area contributed by atoms with Crippen molar-refractivity contribution in [2.45, 2.75) is 12.5 Å². The highest BCUT2D eigenvalue weighted by molar-refractivity contribution is 5.74. The highest BCUT2D eigenvalue weighted by Crippen LogP contribution is 2.12. The Morgan fingerprint density at radius 2 is 1.80 bits per heavy atom. The van der Waals surface area contributed by atoms with Crippen LogP contribution < -0.4 is 0 Å². The van der Waals surface area contributed by atoms with Crippen LogP contribution in [0.15, 0.2) is 60.7 Å². The Hall–Kier alpha value is -2.39. The summed E-state index contributed by atoms with van der Waals surface area (Å²) in [5.41, 5.74) is 3.01. The summed E-state index contributed by atoms with van der Waals surface area (Å²) in [6.45, 7) is 0. The SMILES string of the molecule is O[C@@H](/C=C/c1ccccc1)Cc1nc2ccccc2[nH]1. The molecule has 3 nitrogen and oxygen atoms in total. The zero-order valence-corrected chi connectivity index (χ0v) is 11.0. The predicted octanol–water partition coefficient (Wildman–Crippen LogP) is 3.18. The number of benzene rings is 2. The van der Waals surface area contributed by atoms with E-state index in [-0.39, 0.29) is 0 Å². The van der Waals surface area contributed by atoms with Crippen LogP contribution in [0.4, 0.5) is 0 Å². The number of aromatic amines is 1. The Kier molecular flexibility index (Phi) is 3.61. The number of H-pyrrole nitrogens is 1. The van der Waals surface area contributed by atoms with Gasteiger partial charge in [-0.15, -0.1) is 0 Å². The lowest BCUT2D eigenvalue weighted by molar-refractivity contribution is 0.222. The van der Waals surface area contributed by atoms with Crippen LogP contribution in [0.25, 0.3) is 17.1 Å². The van der Waals surface area contributed by atoms with Gasteiger partial charge in [-0.05, 0) is 17.7 Å². The average Bonchev–Trinajstić information content (AvgIpc) is 2.88. The number of rotatable bonds is 4. The minimum atomic E-state index is -0.546. The minimum Gasteiger partial charge on any atom is -0.389 e. The predicted molar refractivity (Wildman–Crippen MR) is 81.3 cm³/mol. The molecule has 2 aromatic carbocycles. The summed E-state index contributed by atoms with van der Waals surface area (Å²) in [6, 6.07) is 17.8. The molecule has 0 unspecified atom stereocenters. The zero-order chi connectivity index (χ0) is 13.8. The van der Waals surface area contributed by atoms with Gasteiger partial charge in [0.25, 0.3) is 0 Å². The first-order chi connectivity index (χ1) is 9.81. The molecule has 0 spiro atoms. The standard InChI is InChI=1S/C17H16N2O/c20-14(11-10-13-6-2-1-3-7-13)12-17-18-15-8-4-5-9-16(15)19-17/h1-11,14,20H,12H2,(H,18,19)/b11-10+/t14-/m0/s1. The van der Waals surface area contributed by atoms with E-state index in [9.17, 15) is 5.11 Å². The van der Waals surface area contributed by atoms with Crippen molar-refractivity contribution in [1.82, 2.24) is 9.97 Å². The van der Waals surface area contributed by atoms with Crippen molar-refractivity contribution in [3.63, 3.8) is 0 Å². The smallest absolute Gasteiger partial charge is 0.110 e. The van der Waals surface area contributed by atoms with Crippen molar-refractivity contribution < 1.29 is 5.11 Å². The van der Waals surface area contributed by atoms with E-state index in [4.69, 9.17) is 0 Å². The molecule has 3 aromatic rings. The number of aliphatic hydroxyl groups is 1. The Morgan fingerprint density at radius 1 is 1.05 bits per heavy atom. The first-order valence-electron chi connectivity index (χ1n) is 6.66. The van der Waals surface area contributed by atoms with Gasteiger partial charge in [-0.1, -0.05) is 54.6 Å². The Labute approximate surface area is 117 Å². The van der Waals surface area contributed by atoms with Crippen LogP contribution in [0, 0.1) is 0 Å². The van der Waals surface area contributed by atoms with E-state index in [2.05, 4.69) is 9.97 Å². The van der Waals surface area contributed by atoms with Gasteiger partial charge in [0, 0.05) is 6.42 Å². The Balaban J connectivity index is 1.69. The van der Waals surface area contributed by atoms with Gasteiger partial charge in [0.2, 0.25) is 0 Å². The van der Waals surface area contributed by atoms with E-state index < -0.39 is 6.10 Å². The second-order valence-electron chi connectivity index (χ2n) is 4.74. The summed E-state index contributed by atoms with van der Waals surface area (Å²) in [4.78, 5) is 7.68. The number of para-hydroxylation sites is 2. The molecule has 3 heteroatoms. The second-order valence-corrected chi connectivity index (χ2v) is 4.74. The number of imidazole rings is 1. The van der Waals surface area contributed by atoms with E-state index >= 15 is 0 Å². The molecule has 0 radical (unpaired) electrons. The van der Waals surface area contributed by atoms with Gasteiger partial charge in [-0.2, -0.15) is 0 Å². The van der Waals surface area contributed by atoms with E-state index in [1.807, 2.05) is 60.7 Å². The largest absolute Gasteiger partial charge is 0.389 e. The minimum absolute atomic E-state index is 0.484. The van der Waals surface area contributed by atoms with Crippen LogP contribution in [-0.2, 0) is 6.42 Å². The Bertz CT molecular complexity index is 683. The molecule has 0 bridgehead atoms. The molecule has 3 rings (SSSR count). The molecule has 2 N–H and O–H groups in total. The van der Waals surface area contributed by atoms with Gasteiger partial charge >= 0.3 is 0 Å². The van der Waals surface area contributed by atoms with E-state index in [0.29, 0.717) is 6.42 Å². The fourth-order valence-electron chi connectivity index (χ4n) is 2.15. The fraction of sp³-hybridized carbons (Fsp3) is 0.118. The van der Waals surface area contributed by atoms with Gasteiger partial charge in [0.1, 0.15) is 5.82 Å². The van der Waals surface area contributed by atoms with Crippen molar-refractivity contribution in [3.05, 3.63) is 72.1 Å². The van der Waals surface area contributed by atoms with Crippen LogP contribution in [0.2, 0.25) is 0 Å². The molecule has 1 aromatic heterocycles. The van der Waals surface area contributed by atoms with E-state index in [1.165, 1.54) is 0 Å². The van der Waals surface area contributed by atoms with Crippen LogP contribution in [-0.4, -0.2) is 21.2 Å². The summed E-state index contributed by atoms with van der Waals surface area (Å²) >= 11 is 0. The molecule has 0 fully saturated rings. The van der Waals surface area contributed by atoms with Crippen molar-refractivity contribution in [2.24, 2.45) is 0 Å². The first-order valence-corrected chi connectivity index (χ1v) is 6.66. The molecule has 0 aliphatic rings. The monoisotopic (exact) mass is 264 g/mol. The van der Waals surface area contributed by atoms with Gasteiger partial charge in [0.15, 0.2) is 0 Å². The third-order valence-corrected chi connectivity index (χ3v) is 3.15. The normalized spacial score (nSPS) is 13.1. The summed E-state index contributed by atoms with van der Waals surface area (Å²) in [6.07, 6.45) is 3.66. The molecule has 0 aliphatic carbocycles. The summed E-state index contributed by atoms with van der Waals surface area (Å²) in [5.74, 6) is 0.802. The average molecular weight is 264 g/mol. The second kappa shape index (κ2) is 5.72. The molecule has 100 valence electrons. The maximum atomic E-state index is 10.0. The van der Waals surface area contributed by atoms with Gasteiger partial charge < -0.3 is 10.1 Å². The third kappa shape index (κ3) is 2.95.